The molecule has 0 bridgehead atoms. The van der Waals surface area contributed by atoms with Crippen molar-refractivity contribution in [3.8, 4) is 11.3 Å². The predicted molar refractivity (Wildman–Crippen MR) is 95.6 cm³/mol. The standard InChI is InChI=1S/C20H21N3/c1-15-6-5-11-23(14-15)20-12-19(16-7-4-10-21-13-16)22-18-9-3-2-8-17(18)20/h2-4,7-10,12-13,15H,5-6,11,14H2,1H3/t15-/m1/s1. The summed E-state index contributed by atoms with van der Waals surface area (Å²) in [5.74, 6) is 0.748. The average molecular weight is 303 g/mol. The van der Waals surface area contributed by atoms with Gasteiger partial charge < -0.3 is 4.90 Å². The van der Waals surface area contributed by atoms with Gasteiger partial charge in [-0.3, -0.25) is 4.98 Å². The molecule has 0 aliphatic carbocycles. The normalized spacial score (nSPS) is 18.3. The van der Waals surface area contributed by atoms with Gasteiger partial charge in [0, 0.05) is 42.1 Å². The molecule has 0 N–H and O–H groups in total. The fourth-order valence-corrected chi connectivity index (χ4v) is 3.49. The molecule has 3 heteroatoms. The highest BCUT2D eigenvalue weighted by Crippen LogP contribution is 2.33. The number of rotatable bonds is 2. The van der Waals surface area contributed by atoms with Crippen LogP contribution in [0.25, 0.3) is 22.2 Å². The molecule has 116 valence electrons. The maximum atomic E-state index is 4.85. The number of para-hydroxylation sites is 1. The molecule has 0 saturated carbocycles. The van der Waals surface area contributed by atoms with Crippen LogP contribution in [0.4, 0.5) is 5.69 Å². The first-order chi connectivity index (χ1) is 11.3. The van der Waals surface area contributed by atoms with Crippen molar-refractivity contribution in [1.29, 1.82) is 0 Å². The lowest BCUT2D eigenvalue weighted by atomic mass is 9.98. The van der Waals surface area contributed by atoms with Gasteiger partial charge in [0.1, 0.15) is 0 Å². The van der Waals surface area contributed by atoms with Crippen molar-refractivity contribution in [2.45, 2.75) is 19.8 Å². The summed E-state index contributed by atoms with van der Waals surface area (Å²) in [5.41, 5.74) is 4.44. The van der Waals surface area contributed by atoms with Crippen molar-refractivity contribution >= 4 is 16.6 Å². The highest BCUT2D eigenvalue weighted by molar-refractivity contribution is 5.94. The molecule has 3 nitrogen and oxygen atoms in total. The first-order valence-corrected chi connectivity index (χ1v) is 8.36. The quantitative estimate of drug-likeness (QED) is 0.696. The number of pyridine rings is 2. The van der Waals surface area contributed by atoms with Crippen molar-refractivity contribution in [2.24, 2.45) is 5.92 Å². The number of benzene rings is 1. The second-order valence-corrected chi connectivity index (χ2v) is 6.48. The summed E-state index contributed by atoms with van der Waals surface area (Å²) in [6, 6.07) is 14.7. The van der Waals surface area contributed by atoms with Crippen molar-refractivity contribution in [1.82, 2.24) is 9.97 Å². The van der Waals surface area contributed by atoms with E-state index in [-0.39, 0.29) is 0 Å². The van der Waals surface area contributed by atoms with Gasteiger partial charge in [-0.15, -0.1) is 0 Å². The van der Waals surface area contributed by atoms with Gasteiger partial charge in [-0.2, -0.15) is 0 Å². The molecular formula is C20H21N3. The summed E-state index contributed by atoms with van der Waals surface area (Å²) in [5, 5.41) is 1.24. The summed E-state index contributed by atoms with van der Waals surface area (Å²) < 4.78 is 0. The zero-order valence-electron chi connectivity index (χ0n) is 13.4. The number of hydrogen-bond donors (Lipinski definition) is 0. The molecule has 0 amide bonds. The maximum Gasteiger partial charge on any atom is 0.0745 e. The Morgan fingerprint density at radius 2 is 2.04 bits per heavy atom. The van der Waals surface area contributed by atoms with E-state index in [1.165, 1.54) is 23.9 Å². The van der Waals surface area contributed by atoms with E-state index >= 15 is 0 Å². The monoisotopic (exact) mass is 303 g/mol. The topological polar surface area (TPSA) is 29.0 Å². The number of hydrogen-bond acceptors (Lipinski definition) is 3. The molecule has 0 unspecified atom stereocenters. The van der Waals surface area contributed by atoms with Crippen LogP contribution < -0.4 is 4.90 Å². The summed E-state index contributed by atoms with van der Waals surface area (Å²) in [4.78, 5) is 11.6. The zero-order valence-corrected chi connectivity index (χ0v) is 13.4. The van der Waals surface area contributed by atoms with Crippen LogP contribution in [-0.2, 0) is 0 Å². The predicted octanol–water partition coefficient (Wildman–Crippen LogP) is 4.53. The van der Waals surface area contributed by atoms with Crippen LogP contribution in [0.5, 0.6) is 0 Å². The van der Waals surface area contributed by atoms with E-state index in [0.29, 0.717) is 0 Å². The van der Waals surface area contributed by atoms with Gasteiger partial charge in [-0.25, -0.2) is 4.98 Å². The van der Waals surface area contributed by atoms with E-state index < -0.39 is 0 Å². The number of anilines is 1. The molecule has 3 heterocycles. The Hall–Kier alpha value is -2.42. The fraction of sp³-hybridized carbons (Fsp3) is 0.300. The maximum absolute atomic E-state index is 4.85. The van der Waals surface area contributed by atoms with Gasteiger partial charge in [0.2, 0.25) is 0 Å². The first kappa shape index (κ1) is 14.2. The Balaban J connectivity index is 1.87. The van der Waals surface area contributed by atoms with Crippen LogP contribution in [0, 0.1) is 5.92 Å². The number of fused-ring (bicyclic) bond motifs is 1. The van der Waals surface area contributed by atoms with Gasteiger partial charge in [0.25, 0.3) is 0 Å². The van der Waals surface area contributed by atoms with Crippen molar-refractivity contribution in [2.75, 3.05) is 18.0 Å². The molecule has 1 aromatic carbocycles. The minimum absolute atomic E-state index is 0.748. The Bertz CT molecular complexity index is 813. The lowest BCUT2D eigenvalue weighted by Gasteiger charge is -2.33. The van der Waals surface area contributed by atoms with Gasteiger partial charge >= 0.3 is 0 Å². The van der Waals surface area contributed by atoms with Crippen LogP contribution in [0.3, 0.4) is 0 Å². The molecule has 23 heavy (non-hydrogen) atoms. The summed E-state index contributed by atoms with van der Waals surface area (Å²) in [7, 11) is 0. The van der Waals surface area contributed by atoms with E-state index in [0.717, 1.165) is 35.8 Å². The highest BCUT2D eigenvalue weighted by atomic mass is 15.1. The number of nitrogens with zero attached hydrogens (tertiary/aromatic N) is 3. The molecule has 1 aliphatic rings. The van der Waals surface area contributed by atoms with Crippen LogP contribution in [0.1, 0.15) is 19.8 Å². The molecule has 1 fully saturated rings. The second kappa shape index (κ2) is 5.99. The molecule has 1 atom stereocenters. The molecule has 0 radical (unpaired) electrons. The van der Waals surface area contributed by atoms with E-state index in [4.69, 9.17) is 4.98 Å². The highest BCUT2D eigenvalue weighted by Gasteiger charge is 2.19. The number of piperidine rings is 1. The van der Waals surface area contributed by atoms with Gasteiger partial charge in [0.05, 0.1) is 11.2 Å². The van der Waals surface area contributed by atoms with Crippen LogP contribution in [-0.4, -0.2) is 23.1 Å². The summed E-state index contributed by atoms with van der Waals surface area (Å²) in [6.07, 6.45) is 6.28. The Kier molecular flexibility index (Phi) is 3.70. The van der Waals surface area contributed by atoms with Crippen molar-refractivity contribution in [3.63, 3.8) is 0 Å². The second-order valence-electron chi connectivity index (χ2n) is 6.48. The molecule has 1 aliphatic heterocycles. The van der Waals surface area contributed by atoms with E-state index in [1.54, 1.807) is 6.20 Å². The summed E-state index contributed by atoms with van der Waals surface area (Å²) in [6.45, 7) is 4.60. The Labute approximate surface area is 137 Å². The molecule has 1 saturated heterocycles. The third-order valence-corrected chi connectivity index (χ3v) is 4.65. The molecular weight excluding hydrogens is 282 g/mol. The minimum Gasteiger partial charge on any atom is -0.371 e. The largest absolute Gasteiger partial charge is 0.371 e. The van der Waals surface area contributed by atoms with Gasteiger partial charge in [-0.05, 0) is 43.0 Å². The summed E-state index contributed by atoms with van der Waals surface area (Å²) >= 11 is 0. The molecule has 3 aromatic rings. The smallest absolute Gasteiger partial charge is 0.0745 e. The average Bonchev–Trinajstić information content (AvgIpc) is 2.61. The van der Waals surface area contributed by atoms with Crippen molar-refractivity contribution < 1.29 is 0 Å². The van der Waals surface area contributed by atoms with Crippen LogP contribution in [0.15, 0.2) is 54.9 Å². The zero-order chi connectivity index (χ0) is 15.6. The SMILES string of the molecule is C[C@@H]1CCCN(c2cc(-c3cccnc3)nc3ccccc23)C1. The fourth-order valence-electron chi connectivity index (χ4n) is 3.49. The lowest BCUT2D eigenvalue weighted by molar-refractivity contribution is 0.447. The van der Waals surface area contributed by atoms with Crippen LogP contribution in [0.2, 0.25) is 0 Å². The molecule has 2 aromatic heterocycles. The molecule has 4 rings (SSSR count). The first-order valence-electron chi connectivity index (χ1n) is 8.36. The van der Waals surface area contributed by atoms with E-state index in [9.17, 15) is 0 Å². The minimum atomic E-state index is 0.748. The third kappa shape index (κ3) is 2.79. The van der Waals surface area contributed by atoms with E-state index in [2.05, 4.69) is 53.2 Å². The van der Waals surface area contributed by atoms with Crippen molar-refractivity contribution in [3.05, 3.63) is 54.9 Å². The Morgan fingerprint density at radius 1 is 1.13 bits per heavy atom. The Morgan fingerprint density at radius 3 is 2.87 bits per heavy atom. The van der Waals surface area contributed by atoms with Crippen LogP contribution >= 0.6 is 0 Å². The third-order valence-electron chi connectivity index (χ3n) is 4.65. The van der Waals surface area contributed by atoms with Gasteiger partial charge in [0.15, 0.2) is 0 Å². The molecule has 0 spiro atoms. The number of aromatic nitrogens is 2. The van der Waals surface area contributed by atoms with E-state index in [1.807, 2.05) is 12.3 Å². The lowest BCUT2D eigenvalue weighted by Crippen LogP contribution is -2.34. The van der Waals surface area contributed by atoms with Gasteiger partial charge in [-0.1, -0.05) is 25.1 Å².